The number of para-hydroxylation sites is 1. The first kappa shape index (κ1) is 20.4. The van der Waals surface area contributed by atoms with Gasteiger partial charge in [0.1, 0.15) is 5.75 Å². The molecule has 6 heteroatoms. The van der Waals surface area contributed by atoms with Gasteiger partial charge in [0.2, 0.25) is 5.78 Å². The van der Waals surface area contributed by atoms with E-state index in [2.05, 4.69) is 4.98 Å². The third-order valence-electron chi connectivity index (χ3n) is 4.37. The number of Topliss-reactive ketones (excluding diaryl/α,β-unsaturated/α-hetero) is 2. The number of hydrogen-bond donors (Lipinski definition) is 1. The van der Waals surface area contributed by atoms with Gasteiger partial charge in [-0.3, -0.25) is 14.4 Å². The van der Waals surface area contributed by atoms with Crippen molar-refractivity contribution in [2.45, 2.75) is 47.1 Å². The SMILES string of the molecule is CC(=O)c1c(C)[nH]c(C(=O)[C@@H](C)OC(=O)CCOc2ccccc2C)c1C. The van der Waals surface area contributed by atoms with Gasteiger partial charge < -0.3 is 14.5 Å². The number of aromatic amines is 1. The Kier molecular flexibility index (Phi) is 6.55. The summed E-state index contributed by atoms with van der Waals surface area (Å²) >= 11 is 0. The quantitative estimate of drug-likeness (QED) is 0.564. The summed E-state index contributed by atoms with van der Waals surface area (Å²) in [6, 6.07) is 7.52. The maximum atomic E-state index is 12.6. The Bertz CT molecular complexity index is 865. The Morgan fingerprint density at radius 2 is 1.78 bits per heavy atom. The van der Waals surface area contributed by atoms with E-state index >= 15 is 0 Å². The van der Waals surface area contributed by atoms with E-state index in [0.717, 1.165) is 5.56 Å². The van der Waals surface area contributed by atoms with Gasteiger partial charge in [-0.25, -0.2) is 0 Å². The highest BCUT2D eigenvalue weighted by molar-refractivity contribution is 6.05. The van der Waals surface area contributed by atoms with Crippen LogP contribution in [-0.4, -0.2) is 35.2 Å². The number of rotatable bonds is 8. The van der Waals surface area contributed by atoms with Crippen molar-refractivity contribution in [3.8, 4) is 5.75 Å². The van der Waals surface area contributed by atoms with Crippen molar-refractivity contribution in [1.82, 2.24) is 4.98 Å². The topological polar surface area (TPSA) is 85.5 Å². The molecular weight excluding hydrogens is 346 g/mol. The number of carbonyl (C=O) groups excluding carboxylic acids is 3. The molecule has 1 N–H and O–H groups in total. The number of ether oxygens (including phenoxy) is 2. The van der Waals surface area contributed by atoms with E-state index in [1.54, 1.807) is 13.8 Å². The smallest absolute Gasteiger partial charge is 0.309 e. The van der Waals surface area contributed by atoms with Crippen molar-refractivity contribution in [3.05, 3.63) is 52.3 Å². The molecule has 6 nitrogen and oxygen atoms in total. The van der Waals surface area contributed by atoms with E-state index in [1.807, 2.05) is 31.2 Å². The second-order valence-electron chi connectivity index (χ2n) is 6.54. The monoisotopic (exact) mass is 371 g/mol. The fourth-order valence-electron chi connectivity index (χ4n) is 3.00. The molecule has 2 rings (SSSR count). The van der Waals surface area contributed by atoms with Gasteiger partial charge in [0.15, 0.2) is 11.9 Å². The Labute approximate surface area is 158 Å². The highest BCUT2D eigenvalue weighted by Gasteiger charge is 2.25. The summed E-state index contributed by atoms with van der Waals surface area (Å²) in [6.45, 7) is 8.50. The van der Waals surface area contributed by atoms with E-state index in [-0.39, 0.29) is 24.6 Å². The highest BCUT2D eigenvalue weighted by Crippen LogP contribution is 2.21. The maximum absolute atomic E-state index is 12.6. The molecule has 0 bridgehead atoms. The summed E-state index contributed by atoms with van der Waals surface area (Å²) in [6.07, 6.45) is -0.916. The first-order valence-corrected chi connectivity index (χ1v) is 8.84. The molecule has 0 spiro atoms. The third-order valence-corrected chi connectivity index (χ3v) is 4.37. The molecule has 0 amide bonds. The second kappa shape index (κ2) is 8.66. The number of aryl methyl sites for hydroxylation is 2. The summed E-state index contributed by atoms with van der Waals surface area (Å²) in [5.41, 5.74) is 3.00. The molecule has 1 heterocycles. The zero-order valence-electron chi connectivity index (χ0n) is 16.3. The van der Waals surface area contributed by atoms with Crippen molar-refractivity contribution >= 4 is 17.5 Å². The molecule has 0 aliphatic heterocycles. The Hall–Kier alpha value is -2.89. The second-order valence-corrected chi connectivity index (χ2v) is 6.54. The molecule has 0 unspecified atom stereocenters. The van der Waals surface area contributed by atoms with Crippen LogP contribution in [0.2, 0.25) is 0 Å². The molecule has 0 saturated carbocycles. The fourth-order valence-corrected chi connectivity index (χ4v) is 3.00. The van der Waals surface area contributed by atoms with E-state index in [1.165, 1.54) is 13.8 Å². The van der Waals surface area contributed by atoms with Crippen molar-refractivity contribution in [3.63, 3.8) is 0 Å². The zero-order chi connectivity index (χ0) is 20.1. The molecule has 27 heavy (non-hydrogen) atoms. The lowest BCUT2D eigenvalue weighted by Gasteiger charge is -2.13. The van der Waals surface area contributed by atoms with Gasteiger partial charge >= 0.3 is 5.97 Å². The molecule has 0 fully saturated rings. The lowest BCUT2D eigenvalue weighted by molar-refractivity contribution is -0.146. The Morgan fingerprint density at radius 1 is 1.11 bits per heavy atom. The van der Waals surface area contributed by atoms with Gasteiger partial charge in [0.25, 0.3) is 0 Å². The normalized spacial score (nSPS) is 11.7. The minimum atomic E-state index is -0.951. The number of esters is 1. The van der Waals surface area contributed by atoms with Gasteiger partial charge in [-0.2, -0.15) is 0 Å². The van der Waals surface area contributed by atoms with Gasteiger partial charge in [-0.15, -0.1) is 0 Å². The van der Waals surface area contributed by atoms with Crippen LogP contribution in [0.5, 0.6) is 5.75 Å². The standard InChI is InChI=1S/C21H25NO5/c1-12-8-6-7-9-17(12)26-11-10-18(24)27-16(5)21(25)20-13(2)19(15(4)23)14(3)22-20/h6-9,16,22H,10-11H2,1-5H3/t16-/m1/s1. The average Bonchev–Trinajstić information content (AvgIpc) is 2.90. The molecule has 2 aromatic rings. The van der Waals surface area contributed by atoms with Gasteiger partial charge in [-0.1, -0.05) is 18.2 Å². The first-order valence-electron chi connectivity index (χ1n) is 8.84. The maximum Gasteiger partial charge on any atom is 0.309 e. The summed E-state index contributed by atoms with van der Waals surface area (Å²) in [4.78, 5) is 39.2. The lowest BCUT2D eigenvalue weighted by Crippen LogP contribution is -2.26. The van der Waals surface area contributed by atoms with Gasteiger partial charge in [0, 0.05) is 11.3 Å². The number of hydrogen-bond acceptors (Lipinski definition) is 5. The zero-order valence-corrected chi connectivity index (χ0v) is 16.3. The summed E-state index contributed by atoms with van der Waals surface area (Å²) in [7, 11) is 0. The molecular formula is C21H25NO5. The minimum absolute atomic E-state index is 0.0351. The van der Waals surface area contributed by atoms with Crippen LogP contribution in [0.3, 0.4) is 0 Å². The molecule has 0 aliphatic rings. The van der Waals surface area contributed by atoms with Crippen LogP contribution in [0.25, 0.3) is 0 Å². The molecule has 0 radical (unpaired) electrons. The minimum Gasteiger partial charge on any atom is -0.493 e. The summed E-state index contributed by atoms with van der Waals surface area (Å²) in [5.74, 6) is -0.282. The Balaban J connectivity index is 1.92. The highest BCUT2D eigenvalue weighted by atomic mass is 16.5. The lowest BCUT2D eigenvalue weighted by atomic mass is 10.0. The molecule has 1 atom stereocenters. The number of nitrogens with one attached hydrogen (secondary N) is 1. The van der Waals surface area contributed by atoms with E-state index < -0.39 is 12.1 Å². The van der Waals surface area contributed by atoms with Gasteiger partial charge in [-0.05, 0) is 51.8 Å². The largest absolute Gasteiger partial charge is 0.493 e. The van der Waals surface area contributed by atoms with Crippen LogP contribution in [0.4, 0.5) is 0 Å². The van der Waals surface area contributed by atoms with Crippen molar-refractivity contribution in [2.75, 3.05) is 6.61 Å². The van der Waals surface area contributed by atoms with Crippen LogP contribution in [0.15, 0.2) is 24.3 Å². The average molecular weight is 371 g/mol. The third kappa shape index (κ3) is 4.84. The molecule has 0 saturated heterocycles. The van der Waals surface area contributed by atoms with Crippen LogP contribution in [0, 0.1) is 20.8 Å². The summed E-state index contributed by atoms with van der Waals surface area (Å²) < 4.78 is 10.8. The van der Waals surface area contributed by atoms with Crippen LogP contribution >= 0.6 is 0 Å². The Morgan fingerprint density at radius 3 is 2.37 bits per heavy atom. The number of aromatic nitrogens is 1. The van der Waals surface area contributed by atoms with E-state index in [4.69, 9.17) is 9.47 Å². The van der Waals surface area contributed by atoms with Crippen LogP contribution in [0.1, 0.15) is 57.9 Å². The number of ketones is 2. The molecule has 144 valence electrons. The van der Waals surface area contributed by atoms with Crippen LogP contribution in [-0.2, 0) is 9.53 Å². The van der Waals surface area contributed by atoms with Crippen molar-refractivity contribution < 1.29 is 23.9 Å². The molecule has 1 aromatic heterocycles. The number of benzene rings is 1. The van der Waals surface area contributed by atoms with Crippen molar-refractivity contribution in [1.29, 1.82) is 0 Å². The number of H-pyrrole nitrogens is 1. The van der Waals surface area contributed by atoms with E-state index in [0.29, 0.717) is 28.3 Å². The fraction of sp³-hybridized carbons (Fsp3) is 0.381. The summed E-state index contributed by atoms with van der Waals surface area (Å²) in [5, 5.41) is 0. The van der Waals surface area contributed by atoms with Crippen LogP contribution < -0.4 is 4.74 Å². The van der Waals surface area contributed by atoms with E-state index in [9.17, 15) is 14.4 Å². The predicted octanol–water partition coefficient (Wildman–Crippen LogP) is 3.73. The molecule has 1 aromatic carbocycles. The first-order chi connectivity index (χ1) is 12.7. The van der Waals surface area contributed by atoms with Crippen molar-refractivity contribution in [2.24, 2.45) is 0 Å². The predicted molar refractivity (Wildman–Crippen MR) is 101 cm³/mol. The van der Waals surface area contributed by atoms with Gasteiger partial charge in [0.05, 0.1) is 18.7 Å². The number of carbonyl (C=O) groups is 3. The molecule has 0 aliphatic carbocycles.